The van der Waals surface area contributed by atoms with Crippen LogP contribution >= 0.6 is 23.8 Å². The molecule has 110 valence electrons. The van der Waals surface area contributed by atoms with Gasteiger partial charge in [-0.05, 0) is 42.4 Å². The van der Waals surface area contributed by atoms with Gasteiger partial charge in [-0.15, -0.1) is 0 Å². The Morgan fingerprint density at radius 3 is 2.14 bits per heavy atom. The van der Waals surface area contributed by atoms with Gasteiger partial charge >= 0.3 is 0 Å². The van der Waals surface area contributed by atoms with Crippen LogP contribution in [0.25, 0.3) is 22.4 Å². The zero-order chi connectivity index (χ0) is 15.7. The van der Waals surface area contributed by atoms with Crippen molar-refractivity contribution in [1.29, 1.82) is 0 Å². The minimum Gasteiger partial charge on any atom is -0.331 e. The summed E-state index contributed by atoms with van der Waals surface area (Å²) < 4.78 is 0.304. The monoisotopic (exact) mass is 328 g/mol. The molecule has 1 aromatic heterocycles. The van der Waals surface area contributed by atoms with Crippen molar-refractivity contribution >= 4 is 23.8 Å². The highest BCUT2D eigenvalue weighted by Crippen LogP contribution is 2.28. The number of halogens is 1. The molecule has 0 bridgehead atoms. The maximum absolute atomic E-state index is 12.4. The summed E-state index contributed by atoms with van der Waals surface area (Å²) in [6.45, 7) is 2.02. The van der Waals surface area contributed by atoms with Crippen LogP contribution in [-0.2, 0) is 0 Å². The molecule has 0 atom stereocenters. The number of nitrogens with one attached hydrogen (secondary N) is 2. The Morgan fingerprint density at radius 1 is 0.909 bits per heavy atom. The Hall–Kier alpha value is -2.17. The fourth-order valence-corrected chi connectivity index (χ4v) is 2.64. The molecule has 3 aromatic rings. The van der Waals surface area contributed by atoms with Crippen LogP contribution < -0.4 is 5.56 Å². The second-order valence-corrected chi connectivity index (χ2v) is 5.88. The van der Waals surface area contributed by atoms with Crippen LogP contribution in [0.4, 0.5) is 0 Å². The highest BCUT2D eigenvalue weighted by atomic mass is 35.5. The first kappa shape index (κ1) is 14.8. The molecule has 0 fully saturated rings. The molecule has 0 radical (unpaired) electrons. The van der Waals surface area contributed by atoms with E-state index >= 15 is 0 Å². The highest BCUT2D eigenvalue weighted by Gasteiger charge is 2.12. The maximum atomic E-state index is 12.4. The van der Waals surface area contributed by atoms with Gasteiger partial charge < -0.3 is 4.98 Å². The Kier molecular flexibility index (Phi) is 3.96. The van der Waals surface area contributed by atoms with Crippen LogP contribution in [0.5, 0.6) is 0 Å². The van der Waals surface area contributed by atoms with E-state index in [0.29, 0.717) is 21.1 Å². The summed E-state index contributed by atoms with van der Waals surface area (Å²) in [6.07, 6.45) is 0. The lowest BCUT2D eigenvalue weighted by Gasteiger charge is -2.10. The van der Waals surface area contributed by atoms with Crippen molar-refractivity contribution < 1.29 is 0 Å². The predicted octanol–water partition coefficient (Wildman–Crippen LogP) is 4.73. The Morgan fingerprint density at radius 2 is 1.50 bits per heavy atom. The van der Waals surface area contributed by atoms with Gasteiger partial charge in [-0.2, -0.15) is 0 Å². The van der Waals surface area contributed by atoms with Crippen LogP contribution in [0, 0.1) is 11.7 Å². The molecule has 0 aliphatic rings. The number of hydrogen-bond acceptors (Lipinski definition) is 2. The standard InChI is InChI=1S/C17H13ClN2OS/c1-10-2-4-12(5-3-10)15-14(16(21)20-17(22)19-15)11-6-8-13(18)9-7-11/h2-9H,1H3,(H2,19,20,21,22). The molecule has 22 heavy (non-hydrogen) atoms. The smallest absolute Gasteiger partial charge is 0.260 e. The summed E-state index contributed by atoms with van der Waals surface area (Å²) in [5.74, 6) is 0. The predicted molar refractivity (Wildman–Crippen MR) is 92.9 cm³/mol. The molecular weight excluding hydrogens is 316 g/mol. The van der Waals surface area contributed by atoms with Gasteiger partial charge in [0.2, 0.25) is 0 Å². The number of rotatable bonds is 2. The van der Waals surface area contributed by atoms with E-state index in [2.05, 4.69) is 9.97 Å². The van der Waals surface area contributed by atoms with E-state index in [4.69, 9.17) is 23.8 Å². The van der Waals surface area contributed by atoms with Gasteiger partial charge in [0.05, 0.1) is 11.3 Å². The molecule has 0 spiro atoms. The molecule has 2 N–H and O–H groups in total. The highest BCUT2D eigenvalue weighted by molar-refractivity contribution is 7.71. The SMILES string of the molecule is Cc1ccc(-c2[nH]c(=S)[nH]c(=O)c2-c2ccc(Cl)cc2)cc1. The summed E-state index contributed by atoms with van der Waals surface area (Å²) in [4.78, 5) is 18.1. The van der Waals surface area contributed by atoms with E-state index in [1.165, 1.54) is 0 Å². The summed E-state index contributed by atoms with van der Waals surface area (Å²) >= 11 is 11.0. The minimum absolute atomic E-state index is 0.221. The van der Waals surface area contributed by atoms with Crippen molar-refractivity contribution in [2.75, 3.05) is 0 Å². The Bertz CT molecular complexity index is 925. The zero-order valence-electron chi connectivity index (χ0n) is 11.8. The fraction of sp³-hybridized carbons (Fsp3) is 0.0588. The molecule has 0 aliphatic heterocycles. The lowest BCUT2D eigenvalue weighted by atomic mass is 10.00. The molecule has 0 amide bonds. The maximum Gasteiger partial charge on any atom is 0.260 e. The molecule has 3 nitrogen and oxygen atoms in total. The summed E-state index contributed by atoms with van der Waals surface area (Å²) in [5, 5.41) is 0.626. The first-order valence-electron chi connectivity index (χ1n) is 6.74. The second kappa shape index (κ2) is 5.91. The van der Waals surface area contributed by atoms with Crippen LogP contribution in [0.3, 0.4) is 0 Å². The first-order chi connectivity index (χ1) is 10.5. The molecule has 0 unspecified atom stereocenters. The van der Waals surface area contributed by atoms with Gasteiger partial charge in [0.15, 0.2) is 4.77 Å². The van der Waals surface area contributed by atoms with Gasteiger partial charge in [0.1, 0.15) is 0 Å². The number of H-pyrrole nitrogens is 2. The first-order valence-corrected chi connectivity index (χ1v) is 7.53. The molecule has 0 saturated carbocycles. The third kappa shape index (κ3) is 2.89. The largest absolute Gasteiger partial charge is 0.331 e. The van der Waals surface area contributed by atoms with Gasteiger partial charge in [-0.1, -0.05) is 53.6 Å². The molecule has 1 heterocycles. The van der Waals surface area contributed by atoms with Gasteiger partial charge in [-0.3, -0.25) is 9.78 Å². The third-order valence-electron chi connectivity index (χ3n) is 3.42. The second-order valence-electron chi connectivity index (χ2n) is 5.03. The van der Waals surface area contributed by atoms with Crippen molar-refractivity contribution in [3.63, 3.8) is 0 Å². The van der Waals surface area contributed by atoms with Gasteiger partial charge in [0, 0.05) is 5.02 Å². The molecular formula is C17H13ClN2OS. The average molecular weight is 329 g/mol. The Labute approximate surface area is 137 Å². The van der Waals surface area contributed by atoms with Crippen molar-refractivity contribution in [3.05, 3.63) is 74.2 Å². The van der Waals surface area contributed by atoms with Crippen molar-refractivity contribution in [2.45, 2.75) is 6.92 Å². The summed E-state index contributed by atoms with van der Waals surface area (Å²) in [5.41, 5.74) is 3.88. The summed E-state index contributed by atoms with van der Waals surface area (Å²) in [7, 11) is 0. The normalized spacial score (nSPS) is 10.6. The van der Waals surface area contributed by atoms with Crippen LogP contribution in [0.1, 0.15) is 5.56 Å². The number of aromatic nitrogens is 2. The van der Waals surface area contributed by atoms with E-state index in [9.17, 15) is 4.79 Å². The van der Waals surface area contributed by atoms with Crippen molar-refractivity contribution in [2.24, 2.45) is 0 Å². The van der Waals surface area contributed by atoms with E-state index in [1.807, 2.05) is 43.3 Å². The summed E-state index contributed by atoms with van der Waals surface area (Å²) in [6, 6.07) is 15.1. The lowest BCUT2D eigenvalue weighted by Crippen LogP contribution is -2.12. The lowest BCUT2D eigenvalue weighted by molar-refractivity contribution is 1.10. The molecule has 3 rings (SSSR count). The van der Waals surface area contributed by atoms with Crippen LogP contribution in [0.15, 0.2) is 53.3 Å². The fourth-order valence-electron chi connectivity index (χ4n) is 2.32. The van der Waals surface area contributed by atoms with Crippen LogP contribution in [-0.4, -0.2) is 9.97 Å². The third-order valence-corrected chi connectivity index (χ3v) is 3.87. The molecule has 0 saturated heterocycles. The number of hydrogen-bond donors (Lipinski definition) is 2. The van der Waals surface area contributed by atoms with Crippen LogP contribution in [0.2, 0.25) is 5.02 Å². The Balaban J connectivity index is 2.29. The number of aromatic amines is 2. The van der Waals surface area contributed by atoms with E-state index in [0.717, 1.165) is 16.7 Å². The average Bonchev–Trinajstić information content (AvgIpc) is 2.49. The van der Waals surface area contributed by atoms with Gasteiger partial charge in [0.25, 0.3) is 5.56 Å². The van der Waals surface area contributed by atoms with Crippen molar-refractivity contribution in [3.8, 4) is 22.4 Å². The zero-order valence-corrected chi connectivity index (χ0v) is 13.4. The molecule has 0 aliphatic carbocycles. The minimum atomic E-state index is -0.221. The molecule has 5 heteroatoms. The van der Waals surface area contributed by atoms with E-state index in [-0.39, 0.29) is 5.56 Å². The van der Waals surface area contributed by atoms with Crippen molar-refractivity contribution in [1.82, 2.24) is 9.97 Å². The molecule has 2 aromatic carbocycles. The number of benzene rings is 2. The quantitative estimate of drug-likeness (QED) is 0.668. The number of aryl methyl sites for hydroxylation is 1. The van der Waals surface area contributed by atoms with Gasteiger partial charge in [-0.25, -0.2) is 0 Å². The van der Waals surface area contributed by atoms with E-state index in [1.54, 1.807) is 12.1 Å². The van der Waals surface area contributed by atoms with E-state index < -0.39 is 0 Å². The topological polar surface area (TPSA) is 48.6 Å².